The van der Waals surface area contributed by atoms with Crippen LogP contribution in [0.4, 0.5) is 4.39 Å². The van der Waals surface area contributed by atoms with Crippen molar-refractivity contribution in [3.63, 3.8) is 0 Å². The maximum Gasteiger partial charge on any atom is 0.312 e. The zero-order chi connectivity index (χ0) is 20.4. The maximum absolute atomic E-state index is 13.6. The van der Waals surface area contributed by atoms with Gasteiger partial charge < -0.3 is 14.6 Å². The number of hydrogen-bond donors (Lipinski definition) is 1. The molecule has 0 radical (unpaired) electrons. The molecule has 1 atom stereocenters. The molecule has 7 heteroatoms. The molecule has 3 fully saturated rings. The molecule has 1 unspecified atom stereocenters. The molecule has 1 N–H and O–H groups in total. The molecule has 1 spiro atoms. The van der Waals surface area contributed by atoms with Crippen molar-refractivity contribution in [2.24, 2.45) is 5.41 Å². The number of cyclic esters (lactones) is 1. The molecule has 0 aliphatic carbocycles. The summed E-state index contributed by atoms with van der Waals surface area (Å²) < 4.78 is 24.4. The molecule has 4 rings (SSSR count). The Morgan fingerprint density at radius 3 is 2.62 bits per heavy atom. The molecule has 3 heterocycles. The molecular formula is C22H31FN2O4. The van der Waals surface area contributed by atoms with Crippen LogP contribution in [0.1, 0.15) is 37.7 Å². The van der Waals surface area contributed by atoms with Gasteiger partial charge in [-0.3, -0.25) is 14.6 Å². The number of carbonyl (C=O) groups excluding carboxylic acids is 1. The molecule has 160 valence electrons. The lowest BCUT2D eigenvalue weighted by molar-refractivity contribution is -0.151. The van der Waals surface area contributed by atoms with Gasteiger partial charge in [-0.1, -0.05) is 6.07 Å². The molecule has 3 aliphatic rings. The van der Waals surface area contributed by atoms with Gasteiger partial charge in [0.15, 0.2) is 11.6 Å². The van der Waals surface area contributed by atoms with Gasteiger partial charge in [-0.25, -0.2) is 4.39 Å². The number of likely N-dealkylation sites (tertiary alicyclic amines) is 2. The molecular weight excluding hydrogens is 375 g/mol. The fourth-order valence-corrected chi connectivity index (χ4v) is 4.94. The van der Waals surface area contributed by atoms with E-state index in [1.807, 2.05) is 0 Å². The van der Waals surface area contributed by atoms with E-state index in [-0.39, 0.29) is 35.2 Å². The van der Waals surface area contributed by atoms with Crippen LogP contribution in [0, 0.1) is 11.2 Å². The summed E-state index contributed by atoms with van der Waals surface area (Å²) in [5.41, 5.74) is 0.662. The summed E-state index contributed by atoms with van der Waals surface area (Å²) in [5, 5.41) is 9.66. The van der Waals surface area contributed by atoms with Gasteiger partial charge in [0.25, 0.3) is 0 Å². The lowest BCUT2D eigenvalue weighted by Crippen LogP contribution is -2.42. The second-order valence-corrected chi connectivity index (χ2v) is 8.79. The minimum absolute atomic E-state index is 0.0364. The lowest BCUT2D eigenvalue weighted by Gasteiger charge is -2.36. The van der Waals surface area contributed by atoms with E-state index in [1.54, 1.807) is 12.1 Å². The van der Waals surface area contributed by atoms with E-state index in [1.165, 1.54) is 13.2 Å². The molecule has 0 bridgehead atoms. The van der Waals surface area contributed by atoms with Crippen molar-refractivity contribution in [3.8, 4) is 5.75 Å². The lowest BCUT2D eigenvalue weighted by atomic mass is 9.76. The molecule has 1 aromatic carbocycles. The second-order valence-electron chi connectivity index (χ2n) is 8.79. The number of ether oxygens (including phenoxy) is 2. The first-order chi connectivity index (χ1) is 14.0. The number of methoxy groups -OCH3 is 1. The van der Waals surface area contributed by atoms with Crippen LogP contribution < -0.4 is 4.74 Å². The highest BCUT2D eigenvalue weighted by molar-refractivity contribution is 5.79. The predicted octanol–water partition coefficient (Wildman–Crippen LogP) is 2.19. The average molecular weight is 406 g/mol. The van der Waals surface area contributed by atoms with Gasteiger partial charge >= 0.3 is 5.97 Å². The monoisotopic (exact) mass is 406 g/mol. The van der Waals surface area contributed by atoms with Crippen molar-refractivity contribution in [1.82, 2.24) is 9.80 Å². The summed E-state index contributed by atoms with van der Waals surface area (Å²) in [4.78, 5) is 17.3. The van der Waals surface area contributed by atoms with Crippen molar-refractivity contribution in [2.45, 2.75) is 50.9 Å². The highest BCUT2D eigenvalue weighted by atomic mass is 19.1. The van der Waals surface area contributed by atoms with E-state index in [4.69, 9.17) is 9.47 Å². The van der Waals surface area contributed by atoms with Crippen molar-refractivity contribution in [2.75, 3.05) is 39.8 Å². The molecule has 1 aromatic rings. The van der Waals surface area contributed by atoms with E-state index in [0.717, 1.165) is 76.9 Å². The SMILES string of the molecule is COc1cc(CN2CCC3(CC2)CC(CN2CCC(O)CC2)OC3=O)ccc1F. The van der Waals surface area contributed by atoms with Crippen molar-refractivity contribution in [3.05, 3.63) is 29.6 Å². The number of aliphatic hydroxyl groups excluding tert-OH is 1. The van der Waals surface area contributed by atoms with E-state index < -0.39 is 0 Å². The quantitative estimate of drug-likeness (QED) is 0.757. The summed E-state index contributed by atoms with van der Waals surface area (Å²) in [6.07, 6.45) is 3.78. The number of piperidine rings is 2. The molecule has 0 aromatic heterocycles. The Balaban J connectivity index is 1.29. The van der Waals surface area contributed by atoms with Gasteiger partial charge in [-0.05, 0) is 56.5 Å². The Kier molecular flexibility index (Phi) is 6.08. The highest BCUT2D eigenvalue weighted by Gasteiger charge is 2.50. The van der Waals surface area contributed by atoms with Crippen molar-refractivity contribution in [1.29, 1.82) is 0 Å². The maximum atomic E-state index is 13.6. The molecule has 0 saturated carbocycles. The number of halogens is 1. The fourth-order valence-electron chi connectivity index (χ4n) is 4.94. The molecule has 3 saturated heterocycles. The number of nitrogens with zero attached hydrogens (tertiary/aromatic N) is 2. The molecule has 29 heavy (non-hydrogen) atoms. The first-order valence-electron chi connectivity index (χ1n) is 10.6. The zero-order valence-corrected chi connectivity index (χ0v) is 17.1. The Bertz CT molecular complexity index is 728. The predicted molar refractivity (Wildman–Crippen MR) is 106 cm³/mol. The number of carbonyl (C=O) groups is 1. The summed E-state index contributed by atoms with van der Waals surface area (Å²) in [6.45, 7) is 4.91. The minimum Gasteiger partial charge on any atom is -0.494 e. The van der Waals surface area contributed by atoms with Crippen molar-refractivity contribution >= 4 is 5.97 Å². The topological polar surface area (TPSA) is 62.2 Å². The number of esters is 1. The van der Waals surface area contributed by atoms with Crippen LogP contribution in [0.3, 0.4) is 0 Å². The second kappa shape index (κ2) is 8.58. The highest BCUT2D eigenvalue weighted by Crippen LogP contribution is 2.43. The number of aliphatic hydroxyl groups is 1. The number of hydrogen-bond acceptors (Lipinski definition) is 6. The van der Waals surface area contributed by atoms with Gasteiger partial charge in [-0.15, -0.1) is 0 Å². The van der Waals surface area contributed by atoms with Gasteiger partial charge in [0.2, 0.25) is 0 Å². The van der Waals surface area contributed by atoms with Crippen LogP contribution in [-0.4, -0.2) is 72.9 Å². The number of rotatable bonds is 5. The first kappa shape index (κ1) is 20.6. The third-order valence-corrected chi connectivity index (χ3v) is 6.78. The third-order valence-electron chi connectivity index (χ3n) is 6.78. The van der Waals surface area contributed by atoms with E-state index in [2.05, 4.69) is 9.80 Å². The Morgan fingerprint density at radius 1 is 1.21 bits per heavy atom. The van der Waals surface area contributed by atoms with Crippen LogP contribution >= 0.6 is 0 Å². The van der Waals surface area contributed by atoms with E-state index in [0.29, 0.717) is 0 Å². The first-order valence-corrected chi connectivity index (χ1v) is 10.6. The van der Waals surface area contributed by atoms with Gasteiger partial charge in [0.1, 0.15) is 6.10 Å². The van der Waals surface area contributed by atoms with Gasteiger partial charge in [0, 0.05) is 32.6 Å². The largest absolute Gasteiger partial charge is 0.494 e. The Hall–Kier alpha value is -1.70. The van der Waals surface area contributed by atoms with Crippen LogP contribution in [0.15, 0.2) is 18.2 Å². The van der Waals surface area contributed by atoms with Crippen molar-refractivity contribution < 1.29 is 23.8 Å². The standard InChI is InChI=1S/C22H31FN2O4/c1-28-20-12-16(2-3-19(20)23)14-25-10-6-22(7-11-25)13-18(29-21(22)27)15-24-8-4-17(26)5-9-24/h2-3,12,17-18,26H,4-11,13-15H2,1H3. The van der Waals surface area contributed by atoms with Gasteiger partial charge in [-0.2, -0.15) is 0 Å². The Morgan fingerprint density at radius 2 is 1.93 bits per heavy atom. The van der Waals surface area contributed by atoms with Crippen LogP contribution in [0.5, 0.6) is 5.75 Å². The summed E-state index contributed by atoms with van der Waals surface area (Å²) >= 11 is 0. The van der Waals surface area contributed by atoms with E-state index in [9.17, 15) is 14.3 Å². The van der Waals surface area contributed by atoms with Crippen LogP contribution in [0.25, 0.3) is 0 Å². The summed E-state index contributed by atoms with van der Waals surface area (Å²) in [7, 11) is 1.47. The van der Waals surface area contributed by atoms with Crippen LogP contribution in [0.2, 0.25) is 0 Å². The molecule has 6 nitrogen and oxygen atoms in total. The van der Waals surface area contributed by atoms with Crippen LogP contribution in [-0.2, 0) is 16.1 Å². The summed E-state index contributed by atoms with van der Waals surface area (Å²) in [6, 6.07) is 4.98. The zero-order valence-electron chi connectivity index (χ0n) is 17.1. The fraction of sp³-hybridized carbons (Fsp3) is 0.682. The van der Waals surface area contributed by atoms with E-state index >= 15 is 0 Å². The number of benzene rings is 1. The Labute approximate surface area is 171 Å². The van der Waals surface area contributed by atoms with Gasteiger partial charge in [0.05, 0.1) is 18.6 Å². The third kappa shape index (κ3) is 4.57. The summed E-state index contributed by atoms with van der Waals surface area (Å²) in [5.74, 6) is -0.122. The molecule has 0 amide bonds. The normalized spacial score (nSPS) is 26.0. The average Bonchev–Trinajstić information content (AvgIpc) is 3.01. The molecule has 3 aliphatic heterocycles. The smallest absolute Gasteiger partial charge is 0.312 e. The minimum atomic E-state index is -0.350.